The molecular weight excluding hydrogens is 400 g/mol. The van der Waals surface area contributed by atoms with E-state index in [-0.39, 0.29) is 24.3 Å². The van der Waals surface area contributed by atoms with Crippen LogP contribution in [0.25, 0.3) is 11.0 Å². The molecule has 0 N–H and O–H groups in total. The van der Waals surface area contributed by atoms with E-state index in [1.165, 1.54) is 0 Å². The van der Waals surface area contributed by atoms with Gasteiger partial charge in [-0.2, -0.15) is 0 Å². The van der Waals surface area contributed by atoms with Gasteiger partial charge in [-0.3, -0.25) is 9.59 Å². The molecule has 0 spiro atoms. The highest BCUT2D eigenvalue weighted by Crippen LogP contribution is 2.33. The Hall–Kier alpha value is -3.67. The van der Waals surface area contributed by atoms with Gasteiger partial charge in [-0.15, -0.1) is 13.2 Å². The minimum atomic E-state index is -0.0875. The molecule has 2 heterocycles. The molecular formula is C26H28N4O2. The van der Waals surface area contributed by atoms with E-state index in [1.807, 2.05) is 64.9 Å². The van der Waals surface area contributed by atoms with Gasteiger partial charge >= 0.3 is 0 Å². The summed E-state index contributed by atoms with van der Waals surface area (Å²) in [5, 5.41) is 0. The van der Waals surface area contributed by atoms with Gasteiger partial charge in [0.1, 0.15) is 12.4 Å². The van der Waals surface area contributed by atoms with Crippen molar-refractivity contribution in [2.45, 2.75) is 25.8 Å². The molecule has 0 aliphatic carbocycles. The predicted octanol–water partition coefficient (Wildman–Crippen LogP) is 4.07. The zero-order valence-corrected chi connectivity index (χ0v) is 18.4. The fourth-order valence-electron chi connectivity index (χ4n) is 4.32. The van der Waals surface area contributed by atoms with Crippen molar-refractivity contribution in [1.29, 1.82) is 0 Å². The summed E-state index contributed by atoms with van der Waals surface area (Å²) in [6.45, 7) is 11.1. The first kappa shape index (κ1) is 21.6. The maximum Gasteiger partial charge on any atom is 0.243 e. The average Bonchev–Trinajstić information content (AvgIpc) is 3.34. The number of carbonyl (C=O) groups is 2. The number of rotatable bonds is 8. The molecule has 4 rings (SSSR count). The van der Waals surface area contributed by atoms with Crippen LogP contribution in [-0.4, -0.2) is 45.9 Å². The fraction of sp³-hybridized carbons (Fsp3) is 0.269. The number of imidazole rings is 1. The van der Waals surface area contributed by atoms with Crippen LogP contribution in [-0.2, 0) is 16.1 Å². The largest absolute Gasteiger partial charge is 0.334 e. The highest BCUT2D eigenvalue weighted by Gasteiger charge is 2.35. The van der Waals surface area contributed by atoms with Crippen LogP contribution >= 0.6 is 0 Å². The molecule has 1 aromatic heterocycles. The Morgan fingerprint density at radius 3 is 2.62 bits per heavy atom. The summed E-state index contributed by atoms with van der Waals surface area (Å²) in [5.41, 5.74) is 3.74. The van der Waals surface area contributed by atoms with Crippen molar-refractivity contribution in [1.82, 2.24) is 14.5 Å². The third-order valence-corrected chi connectivity index (χ3v) is 5.83. The molecule has 6 heteroatoms. The Morgan fingerprint density at radius 2 is 1.91 bits per heavy atom. The number of benzene rings is 2. The second-order valence-electron chi connectivity index (χ2n) is 8.17. The summed E-state index contributed by atoms with van der Waals surface area (Å²) in [5.74, 6) is 0.732. The summed E-state index contributed by atoms with van der Waals surface area (Å²) < 4.78 is 1.97. The first-order valence-electron chi connectivity index (χ1n) is 10.8. The van der Waals surface area contributed by atoms with Crippen LogP contribution in [0, 0.1) is 6.92 Å². The minimum Gasteiger partial charge on any atom is -0.334 e. The van der Waals surface area contributed by atoms with Crippen molar-refractivity contribution in [2.24, 2.45) is 0 Å². The third kappa shape index (κ3) is 4.21. The number of hydrogen-bond donors (Lipinski definition) is 0. The zero-order valence-electron chi connectivity index (χ0n) is 18.4. The maximum absolute atomic E-state index is 13.1. The second-order valence-corrected chi connectivity index (χ2v) is 8.17. The van der Waals surface area contributed by atoms with Crippen molar-refractivity contribution < 1.29 is 9.59 Å². The van der Waals surface area contributed by atoms with Gasteiger partial charge in [0, 0.05) is 37.7 Å². The molecule has 0 saturated carbocycles. The highest BCUT2D eigenvalue weighted by atomic mass is 16.2. The number of carbonyl (C=O) groups excluding carboxylic acids is 2. The van der Waals surface area contributed by atoms with Crippen LogP contribution in [0.1, 0.15) is 23.7 Å². The quantitative estimate of drug-likeness (QED) is 0.508. The molecule has 1 aliphatic rings. The van der Waals surface area contributed by atoms with Crippen LogP contribution in [0.15, 0.2) is 73.8 Å². The molecule has 1 aliphatic heterocycles. The summed E-state index contributed by atoms with van der Waals surface area (Å²) in [4.78, 5) is 34.4. The molecule has 1 saturated heterocycles. The van der Waals surface area contributed by atoms with Gasteiger partial charge in [-0.25, -0.2) is 4.98 Å². The van der Waals surface area contributed by atoms with Crippen molar-refractivity contribution in [3.63, 3.8) is 0 Å². The summed E-state index contributed by atoms with van der Waals surface area (Å²) in [6, 6.07) is 15.8. The van der Waals surface area contributed by atoms with E-state index in [1.54, 1.807) is 17.1 Å². The summed E-state index contributed by atoms with van der Waals surface area (Å²) in [6.07, 6.45) is 3.79. The second kappa shape index (κ2) is 9.22. The van der Waals surface area contributed by atoms with Crippen LogP contribution < -0.4 is 4.90 Å². The molecule has 0 unspecified atom stereocenters. The summed E-state index contributed by atoms with van der Waals surface area (Å²) >= 11 is 0. The van der Waals surface area contributed by atoms with E-state index < -0.39 is 0 Å². The number of hydrogen-bond acceptors (Lipinski definition) is 3. The van der Waals surface area contributed by atoms with Crippen molar-refractivity contribution in [3.05, 3.63) is 85.2 Å². The fourth-order valence-corrected chi connectivity index (χ4v) is 4.32. The van der Waals surface area contributed by atoms with E-state index in [2.05, 4.69) is 13.2 Å². The maximum atomic E-state index is 13.1. The van der Waals surface area contributed by atoms with E-state index in [0.29, 0.717) is 26.1 Å². The van der Waals surface area contributed by atoms with Crippen LogP contribution in [0.3, 0.4) is 0 Å². The molecule has 0 radical (unpaired) electrons. The lowest BCUT2D eigenvalue weighted by Crippen LogP contribution is -2.34. The molecule has 3 aromatic rings. The van der Waals surface area contributed by atoms with Gasteiger partial charge in [-0.05, 0) is 36.8 Å². The average molecular weight is 429 g/mol. The Morgan fingerprint density at radius 1 is 1.16 bits per heavy atom. The van der Waals surface area contributed by atoms with Gasteiger partial charge in [0.15, 0.2) is 0 Å². The monoisotopic (exact) mass is 428 g/mol. The predicted molar refractivity (Wildman–Crippen MR) is 128 cm³/mol. The van der Waals surface area contributed by atoms with Gasteiger partial charge in [0.05, 0.1) is 11.0 Å². The number of aromatic nitrogens is 2. The van der Waals surface area contributed by atoms with E-state index in [4.69, 9.17) is 4.98 Å². The van der Waals surface area contributed by atoms with Crippen LogP contribution in [0.5, 0.6) is 0 Å². The molecule has 6 nitrogen and oxygen atoms in total. The van der Waals surface area contributed by atoms with Crippen molar-refractivity contribution in [3.8, 4) is 0 Å². The molecule has 164 valence electrons. The van der Waals surface area contributed by atoms with E-state index in [9.17, 15) is 9.59 Å². The van der Waals surface area contributed by atoms with E-state index in [0.717, 1.165) is 28.1 Å². The Bertz CT molecular complexity index is 1170. The molecule has 1 fully saturated rings. The standard InChI is InChI=1S/C26H28N4O2/c1-4-13-28(14-5-2)25(32)18-30-23-12-7-6-11-22(23)27-26(30)20-16-24(31)29(17-20)21-10-8-9-19(3)15-21/h4-12,15,20H,1-2,13-14,16-18H2,3H3/t20-/m0/s1. The first-order chi connectivity index (χ1) is 15.5. The van der Waals surface area contributed by atoms with Gasteiger partial charge in [-0.1, -0.05) is 36.4 Å². The number of nitrogens with zero attached hydrogens (tertiary/aromatic N) is 4. The minimum absolute atomic E-state index is 0.0333. The molecule has 2 amide bonds. The summed E-state index contributed by atoms with van der Waals surface area (Å²) in [7, 11) is 0. The molecule has 0 bridgehead atoms. The van der Waals surface area contributed by atoms with Gasteiger partial charge < -0.3 is 14.4 Å². The number of fused-ring (bicyclic) bond motifs is 1. The third-order valence-electron chi connectivity index (χ3n) is 5.83. The molecule has 2 aromatic carbocycles. The number of amides is 2. The normalized spacial score (nSPS) is 15.8. The Kier molecular flexibility index (Phi) is 6.21. The number of para-hydroxylation sites is 2. The number of anilines is 1. The van der Waals surface area contributed by atoms with E-state index >= 15 is 0 Å². The van der Waals surface area contributed by atoms with Crippen molar-refractivity contribution >= 4 is 28.5 Å². The molecule has 32 heavy (non-hydrogen) atoms. The first-order valence-corrected chi connectivity index (χ1v) is 10.8. The van der Waals surface area contributed by atoms with Gasteiger partial charge in [0.2, 0.25) is 11.8 Å². The zero-order chi connectivity index (χ0) is 22.7. The van der Waals surface area contributed by atoms with Gasteiger partial charge in [0.25, 0.3) is 0 Å². The highest BCUT2D eigenvalue weighted by molar-refractivity contribution is 5.96. The lowest BCUT2D eigenvalue weighted by atomic mass is 10.1. The number of aryl methyl sites for hydroxylation is 1. The SMILES string of the molecule is C=CCN(CC=C)C(=O)Cn1c([C@H]2CC(=O)N(c3cccc(C)c3)C2)nc2ccccc21. The smallest absolute Gasteiger partial charge is 0.243 e. The topological polar surface area (TPSA) is 58.4 Å². The molecule has 1 atom stereocenters. The lowest BCUT2D eigenvalue weighted by molar-refractivity contribution is -0.130. The Balaban J connectivity index is 1.67. The lowest BCUT2D eigenvalue weighted by Gasteiger charge is -2.21. The van der Waals surface area contributed by atoms with Crippen LogP contribution in [0.2, 0.25) is 0 Å². The van der Waals surface area contributed by atoms with Crippen molar-refractivity contribution in [2.75, 3.05) is 24.5 Å². The van der Waals surface area contributed by atoms with Crippen LogP contribution in [0.4, 0.5) is 5.69 Å². The Labute approximate surface area is 188 Å².